The Balaban J connectivity index is 2.19. The molecular formula is C19H26O5. The molecule has 0 atom stereocenters. The summed E-state index contributed by atoms with van der Waals surface area (Å²) in [5.41, 5.74) is 0.565. The maximum atomic E-state index is 11.7. The van der Waals surface area contributed by atoms with Crippen molar-refractivity contribution in [2.24, 2.45) is 5.92 Å². The Morgan fingerprint density at radius 1 is 0.958 bits per heavy atom. The molecule has 0 fully saturated rings. The molecule has 0 radical (unpaired) electrons. The first-order chi connectivity index (χ1) is 11.4. The topological polar surface area (TPSA) is 69.7 Å². The van der Waals surface area contributed by atoms with Crippen molar-refractivity contribution in [1.29, 1.82) is 0 Å². The summed E-state index contributed by atoms with van der Waals surface area (Å²) in [5.74, 6) is 0.263. The van der Waals surface area contributed by atoms with Gasteiger partial charge in [0.2, 0.25) is 0 Å². The summed E-state index contributed by atoms with van der Waals surface area (Å²) in [6.07, 6.45) is 2.65. The number of benzene rings is 1. The van der Waals surface area contributed by atoms with Gasteiger partial charge in [0.1, 0.15) is 5.75 Å². The average molecular weight is 334 g/mol. The minimum absolute atomic E-state index is 0.0419. The zero-order chi connectivity index (χ0) is 17.9. The molecule has 5 nitrogen and oxygen atoms in total. The van der Waals surface area contributed by atoms with Crippen LogP contribution in [0.3, 0.4) is 0 Å². The van der Waals surface area contributed by atoms with E-state index in [4.69, 9.17) is 9.47 Å². The molecule has 1 aromatic rings. The Morgan fingerprint density at radius 3 is 2.17 bits per heavy atom. The highest BCUT2D eigenvalue weighted by molar-refractivity contribution is 5.94. The fourth-order valence-electron chi connectivity index (χ4n) is 2.07. The van der Waals surface area contributed by atoms with Gasteiger partial charge in [0.05, 0.1) is 6.61 Å². The number of hydrogen-bond acceptors (Lipinski definition) is 5. The number of Topliss-reactive ketones (excluding diaryl/α,β-unsaturated/α-hetero) is 1. The molecule has 0 heterocycles. The first-order valence-electron chi connectivity index (χ1n) is 8.35. The average Bonchev–Trinajstić information content (AvgIpc) is 2.52. The van der Waals surface area contributed by atoms with Gasteiger partial charge < -0.3 is 9.47 Å². The van der Waals surface area contributed by atoms with E-state index in [0.717, 1.165) is 12.8 Å². The van der Waals surface area contributed by atoms with Crippen molar-refractivity contribution >= 4 is 17.7 Å². The van der Waals surface area contributed by atoms with E-state index in [1.165, 1.54) is 6.92 Å². The van der Waals surface area contributed by atoms with Gasteiger partial charge in [0.15, 0.2) is 5.78 Å². The van der Waals surface area contributed by atoms with Crippen LogP contribution in [0.4, 0.5) is 0 Å². The third-order valence-electron chi connectivity index (χ3n) is 3.44. The van der Waals surface area contributed by atoms with Crippen molar-refractivity contribution < 1.29 is 23.9 Å². The van der Waals surface area contributed by atoms with Crippen LogP contribution in [0.5, 0.6) is 5.75 Å². The predicted molar refractivity (Wildman–Crippen MR) is 91.0 cm³/mol. The lowest BCUT2D eigenvalue weighted by molar-refractivity contribution is -0.144. The van der Waals surface area contributed by atoms with E-state index in [0.29, 0.717) is 30.3 Å². The van der Waals surface area contributed by atoms with Crippen LogP contribution in [0.1, 0.15) is 63.2 Å². The minimum Gasteiger partial charge on any atom is -0.466 e. The second kappa shape index (κ2) is 10.6. The molecule has 1 rings (SSSR count). The SMILES string of the molecule is CC(=O)c1ccc(OC(=O)CCCC(=O)OCCCC(C)C)cc1. The second-order valence-corrected chi connectivity index (χ2v) is 6.16. The zero-order valence-corrected chi connectivity index (χ0v) is 14.7. The molecule has 5 heteroatoms. The molecule has 0 saturated carbocycles. The van der Waals surface area contributed by atoms with Gasteiger partial charge in [-0.25, -0.2) is 0 Å². The van der Waals surface area contributed by atoms with Crippen LogP contribution in [0.2, 0.25) is 0 Å². The van der Waals surface area contributed by atoms with Gasteiger partial charge in [-0.05, 0) is 56.4 Å². The van der Waals surface area contributed by atoms with Crippen LogP contribution in [0, 0.1) is 5.92 Å². The standard InChI is InChI=1S/C19H26O5/c1-14(2)6-5-13-23-18(21)7-4-8-19(22)24-17-11-9-16(10-12-17)15(3)20/h9-12,14H,4-8,13H2,1-3H3. The highest BCUT2D eigenvalue weighted by Gasteiger charge is 2.09. The molecule has 0 aliphatic carbocycles. The highest BCUT2D eigenvalue weighted by Crippen LogP contribution is 2.14. The maximum Gasteiger partial charge on any atom is 0.311 e. The number of ether oxygens (including phenoxy) is 2. The third-order valence-corrected chi connectivity index (χ3v) is 3.44. The van der Waals surface area contributed by atoms with Crippen molar-refractivity contribution in [3.8, 4) is 5.75 Å². The third kappa shape index (κ3) is 8.46. The van der Waals surface area contributed by atoms with Crippen molar-refractivity contribution in [2.75, 3.05) is 6.61 Å². The molecule has 0 saturated heterocycles. The molecule has 0 unspecified atom stereocenters. The summed E-state index contributed by atoms with van der Waals surface area (Å²) in [6.45, 7) is 6.16. The van der Waals surface area contributed by atoms with E-state index in [1.807, 2.05) is 0 Å². The molecule has 0 bridgehead atoms. The quantitative estimate of drug-likeness (QED) is 0.280. The Morgan fingerprint density at radius 2 is 1.58 bits per heavy atom. The molecule has 0 aliphatic rings. The van der Waals surface area contributed by atoms with Crippen LogP contribution in [-0.4, -0.2) is 24.3 Å². The predicted octanol–water partition coefficient (Wildman–Crippen LogP) is 3.94. The Bertz CT molecular complexity index is 545. The van der Waals surface area contributed by atoms with E-state index in [9.17, 15) is 14.4 Å². The zero-order valence-electron chi connectivity index (χ0n) is 14.7. The number of hydrogen-bond donors (Lipinski definition) is 0. The molecular weight excluding hydrogens is 308 g/mol. The highest BCUT2D eigenvalue weighted by atomic mass is 16.5. The molecule has 1 aromatic carbocycles. The van der Waals surface area contributed by atoms with Gasteiger partial charge >= 0.3 is 11.9 Å². The summed E-state index contributed by atoms with van der Waals surface area (Å²) in [5, 5.41) is 0. The van der Waals surface area contributed by atoms with Crippen molar-refractivity contribution in [3.63, 3.8) is 0 Å². The molecule has 0 amide bonds. The first kappa shape index (κ1) is 19.9. The van der Waals surface area contributed by atoms with Crippen molar-refractivity contribution in [3.05, 3.63) is 29.8 Å². The normalized spacial score (nSPS) is 10.5. The maximum absolute atomic E-state index is 11.7. The number of ketones is 1. The monoisotopic (exact) mass is 334 g/mol. The van der Waals surface area contributed by atoms with E-state index in [2.05, 4.69) is 13.8 Å². The summed E-state index contributed by atoms with van der Waals surface area (Å²) in [6, 6.07) is 6.38. The van der Waals surface area contributed by atoms with E-state index in [1.54, 1.807) is 24.3 Å². The summed E-state index contributed by atoms with van der Waals surface area (Å²) in [7, 11) is 0. The Labute approximate surface area is 143 Å². The lowest BCUT2D eigenvalue weighted by Crippen LogP contribution is -2.11. The van der Waals surface area contributed by atoms with E-state index < -0.39 is 5.97 Å². The van der Waals surface area contributed by atoms with Crippen LogP contribution in [-0.2, 0) is 14.3 Å². The summed E-state index contributed by atoms with van der Waals surface area (Å²) >= 11 is 0. The molecule has 132 valence electrons. The number of rotatable bonds is 10. The van der Waals surface area contributed by atoms with Crippen LogP contribution in [0.15, 0.2) is 24.3 Å². The lowest BCUT2D eigenvalue weighted by atomic mass is 10.1. The van der Waals surface area contributed by atoms with Gasteiger partial charge in [-0.3, -0.25) is 14.4 Å². The number of carbonyl (C=O) groups excluding carboxylic acids is 3. The number of carbonyl (C=O) groups is 3. The van der Waals surface area contributed by atoms with Gasteiger partial charge in [-0.2, -0.15) is 0 Å². The summed E-state index contributed by atoms with van der Waals surface area (Å²) < 4.78 is 10.3. The van der Waals surface area contributed by atoms with Gasteiger partial charge in [0.25, 0.3) is 0 Å². The summed E-state index contributed by atoms with van der Waals surface area (Å²) in [4.78, 5) is 34.4. The van der Waals surface area contributed by atoms with Gasteiger partial charge in [0, 0.05) is 18.4 Å². The molecule has 0 spiro atoms. The minimum atomic E-state index is -0.404. The second-order valence-electron chi connectivity index (χ2n) is 6.16. The lowest BCUT2D eigenvalue weighted by Gasteiger charge is -2.07. The van der Waals surface area contributed by atoms with Crippen molar-refractivity contribution in [2.45, 2.75) is 52.9 Å². The van der Waals surface area contributed by atoms with Gasteiger partial charge in [-0.1, -0.05) is 13.8 Å². The fraction of sp³-hybridized carbons (Fsp3) is 0.526. The van der Waals surface area contributed by atoms with Crippen LogP contribution >= 0.6 is 0 Å². The molecule has 0 aliphatic heterocycles. The van der Waals surface area contributed by atoms with E-state index in [-0.39, 0.29) is 24.6 Å². The van der Waals surface area contributed by atoms with E-state index >= 15 is 0 Å². The Hall–Kier alpha value is -2.17. The molecule has 0 N–H and O–H groups in total. The first-order valence-corrected chi connectivity index (χ1v) is 8.35. The van der Waals surface area contributed by atoms with Crippen LogP contribution < -0.4 is 4.74 Å². The molecule has 0 aromatic heterocycles. The van der Waals surface area contributed by atoms with Crippen LogP contribution in [0.25, 0.3) is 0 Å². The molecule has 24 heavy (non-hydrogen) atoms. The largest absolute Gasteiger partial charge is 0.466 e. The number of esters is 2. The van der Waals surface area contributed by atoms with Gasteiger partial charge in [-0.15, -0.1) is 0 Å². The Kier molecular flexibility index (Phi) is 8.76. The fourth-order valence-corrected chi connectivity index (χ4v) is 2.07. The van der Waals surface area contributed by atoms with Crippen molar-refractivity contribution in [1.82, 2.24) is 0 Å². The smallest absolute Gasteiger partial charge is 0.311 e.